The van der Waals surface area contributed by atoms with Crippen molar-refractivity contribution in [3.05, 3.63) is 71.3 Å². The molecule has 0 saturated carbocycles. The Morgan fingerprint density at radius 3 is 2.81 bits per heavy atom. The average Bonchev–Trinajstić information content (AvgIpc) is 3.01. The molecule has 3 aromatic heterocycles. The first kappa shape index (κ1) is 23.7. The first-order valence-electron chi connectivity index (χ1n) is 12.2. The van der Waals surface area contributed by atoms with Crippen molar-refractivity contribution in [2.45, 2.75) is 25.8 Å². The topological polar surface area (TPSA) is 88.3 Å². The number of nitrogens with zero attached hydrogens (tertiary/aromatic N) is 6. The van der Waals surface area contributed by atoms with Crippen molar-refractivity contribution >= 4 is 43.8 Å². The van der Waals surface area contributed by atoms with Gasteiger partial charge in [0.2, 0.25) is 5.95 Å². The number of hydrogen-bond donors (Lipinski definition) is 1. The number of aromatic nitrogens is 4. The van der Waals surface area contributed by atoms with Gasteiger partial charge in [-0.15, -0.1) is 0 Å². The van der Waals surface area contributed by atoms with Crippen LogP contribution in [0.4, 0.5) is 21.8 Å². The monoisotopic (exact) mass is 517 g/mol. The maximum absolute atomic E-state index is 14.8. The van der Waals surface area contributed by atoms with Crippen molar-refractivity contribution in [1.82, 2.24) is 24.4 Å². The van der Waals surface area contributed by atoms with Gasteiger partial charge in [-0.25, -0.2) is 18.6 Å². The second kappa shape index (κ2) is 9.04. The van der Waals surface area contributed by atoms with Gasteiger partial charge in [-0.3, -0.25) is 9.47 Å². The third-order valence-electron chi connectivity index (χ3n) is 6.58. The fourth-order valence-corrected chi connectivity index (χ4v) is 5.73. The molecular formula is C27H28FN7OS. The number of hydrogen-bond acceptors (Lipinski definition) is 7. The summed E-state index contributed by atoms with van der Waals surface area (Å²) in [5, 5.41) is 3.64. The zero-order chi connectivity index (χ0) is 25.7. The van der Waals surface area contributed by atoms with E-state index in [1.165, 1.54) is 34.7 Å². The number of rotatable bonds is 4. The standard InChI is InChI=1S/C27H28FN7OS/c1-34-14-18-8-5-4-7-17-11-20(12-19(15-34)25(17)18)30-27-29-13-21-22(28)16-35(26(21)32-27)24-10-6-9-23(31-24)33-37(2,3)36/h6,8-13,16H,4-5,7,14-15H2,1-3H3,(H,29,30,32). The van der Waals surface area contributed by atoms with Gasteiger partial charge in [0.05, 0.1) is 5.39 Å². The Kier molecular flexibility index (Phi) is 5.80. The Hall–Kier alpha value is -3.63. The van der Waals surface area contributed by atoms with E-state index in [1.54, 1.807) is 35.3 Å². The van der Waals surface area contributed by atoms with Crippen LogP contribution in [-0.2, 0) is 22.7 Å². The number of likely N-dealkylation sites (N-methyl/N-ethyl adjacent to an activating group) is 1. The number of benzene rings is 1. The molecule has 0 spiro atoms. The van der Waals surface area contributed by atoms with Crippen LogP contribution < -0.4 is 5.32 Å². The smallest absolute Gasteiger partial charge is 0.229 e. The summed E-state index contributed by atoms with van der Waals surface area (Å²) in [6, 6.07) is 9.51. The maximum atomic E-state index is 14.8. The fourth-order valence-electron chi connectivity index (χ4n) is 5.18. The van der Waals surface area contributed by atoms with Crippen molar-refractivity contribution in [2.24, 2.45) is 4.36 Å². The maximum Gasteiger partial charge on any atom is 0.229 e. The van der Waals surface area contributed by atoms with Crippen molar-refractivity contribution in [2.75, 3.05) is 31.4 Å². The van der Waals surface area contributed by atoms with Crippen molar-refractivity contribution < 1.29 is 8.60 Å². The summed E-state index contributed by atoms with van der Waals surface area (Å²) in [7, 11) is -0.243. The Bertz CT molecular complexity index is 1690. The van der Waals surface area contributed by atoms with Crippen LogP contribution in [0, 0.1) is 5.82 Å². The number of pyridine rings is 1. The van der Waals surface area contributed by atoms with Gasteiger partial charge in [-0.1, -0.05) is 12.1 Å². The molecule has 10 heteroatoms. The Labute approximate surface area is 215 Å². The lowest BCUT2D eigenvalue weighted by atomic mass is 9.89. The zero-order valence-electron chi connectivity index (χ0n) is 21.0. The van der Waals surface area contributed by atoms with E-state index in [4.69, 9.17) is 0 Å². The van der Waals surface area contributed by atoms with Crippen LogP contribution in [0.25, 0.3) is 22.4 Å². The van der Waals surface area contributed by atoms with Crippen molar-refractivity contribution in [3.63, 3.8) is 0 Å². The lowest BCUT2D eigenvalue weighted by molar-refractivity contribution is 0.359. The van der Waals surface area contributed by atoms with Crippen LogP contribution in [0.5, 0.6) is 0 Å². The predicted octanol–water partition coefficient (Wildman–Crippen LogP) is 5.22. The highest BCUT2D eigenvalue weighted by Crippen LogP contribution is 2.36. The number of anilines is 2. The van der Waals surface area contributed by atoms with Crippen LogP contribution in [0.1, 0.15) is 29.5 Å². The molecule has 0 fully saturated rings. The van der Waals surface area contributed by atoms with E-state index in [1.807, 2.05) is 0 Å². The molecular weight excluding hydrogens is 489 g/mol. The summed E-state index contributed by atoms with van der Waals surface area (Å²) >= 11 is 0. The van der Waals surface area contributed by atoms with Gasteiger partial charge in [0.1, 0.15) is 5.82 Å². The third-order valence-corrected chi connectivity index (χ3v) is 7.20. The molecule has 0 saturated heterocycles. The van der Waals surface area contributed by atoms with E-state index in [9.17, 15) is 8.60 Å². The van der Waals surface area contributed by atoms with Gasteiger partial charge >= 0.3 is 0 Å². The molecule has 37 heavy (non-hydrogen) atoms. The Morgan fingerprint density at radius 1 is 1.14 bits per heavy atom. The van der Waals surface area contributed by atoms with E-state index in [0.717, 1.165) is 38.0 Å². The first-order chi connectivity index (χ1) is 17.7. The third kappa shape index (κ3) is 4.74. The Morgan fingerprint density at radius 2 is 1.97 bits per heavy atom. The summed E-state index contributed by atoms with van der Waals surface area (Å²) in [5.74, 6) is 0.676. The second-order valence-electron chi connectivity index (χ2n) is 9.99. The van der Waals surface area contributed by atoms with Crippen LogP contribution in [0.15, 0.2) is 53.2 Å². The fraction of sp³-hybridized carbons (Fsp3) is 0.296. The molecule has 4 heterocycles. The summed E-state index contributed by atoms with van der Waals surface area (Å²) in [6.07, 6.45) is 11.5. The largest absolute Gasteiger partial charge is 0.324 e. The molecule has 6 rings (SSSR count). The minimum atomic E-state index is -2.39. The van der Waals surface area contributed by atoms with E-state index in [0.29, 0.717) is 23.2 Å². The van der Waals surface area contributed by atoms with Crippen LogP contribution in [0.2, 0.25) is 0 Å². The highest BCUT2D eigenvalue weighted by molar-refractivity contribution is 7.92. The number of halogens is 1. The Balaban J connectivity index is 1.39. The molecule has 1 aliphatic carbocycles. The lowest BCUT2D eigenvalue weighted by Gasteiger charge is -2.29. The van der Waals surface area contributed by atoms with Gasteiger partial charge in [0.15, 0.2) is 17.3 Å². The number of nitrogens with one attached hydrogen (secondary N) is 1. The van der Waals surface area contributed by atoms with E-state index < -0.39 is 15.5 Å². The molecule has 1 aliphatic heterocycles. The molecule has 0 radical (unpaired) electrons. The molecule has 1 N–H and O–H groups in total. The molecule has 0 bridgehead atoms. The number of fused-ring (bicyclic) bond motifs is 1. The van der Waals surface area contributed by atoms with Gasteiger partial charge in [-0.05, 0) is 72.8 Å². The minimum absolute atomic E-state index is 0.290. The number of aryl methyl sites for hydroxylation is 1. The van der Waals surface area contributed by atoms with Gasteiger partial charge in [-0.2, -0.15) is 9.35 Å². The molecule has 1 aromatic carbocycles. The van der Waals surface area contributed by atoms with Gasteiger partial charge < -0.3 is 5.32 Å². The molecule has 190 valence electrons. The summed E-state index contributed by atoms with van der Waals surface area (Å²) < 4.78 is 32.7. The average molecular weight is 518 g/mol. The second-order valence-corrected chi connectivity index (χ2v) is 12.5. The SMILES string of the molecule is CN1CC2=CCCCc3cc(Nc4ncc5c(F)cn(-c6cccc(N=S(C)(C)=O)n6)c5n4)cc(c32)C1. The van der Waals surface area contributed by atoms with Crippen LogP contribution in [0.3, 0.4) is 0 Å². The van der Waals surface area contributed by atoms with Gasteiger partial charge in [0, 0.05) is 53.4 Å². The highest BCUT2D eigenvalue weighted by atomic mass is 32.2. The highest BCUT2D eigenvalue weighted by Gasteiger charge is 2.23. The molecule has 0 amide bonds. The molecule has 2 aliphatic rings. The molecule has 8 nitrogen and oxygen atoms in total. The van der Waals surface area contributed by atoms with E-state index >= 15 is 0 Å². The molecule has 4 aromatic rings. The van der Waals surface area contributed by atoms with Crippen molar-refractivity contribution in [1.29, 1.82) is 0 Å². The predicted molar refractivity (Wildman–Crippen MR) is 146 cm³/mol. The van der Waals surface area contributed by atoms with Gasteiger partial charge in [0.25, 0.3) is 0 Å². The summed E-state index contributed by atoms with van der Waals surface area (Å²) in [6.45, 7) is 1.86. The van der Waals surface area contributed by atoms with E-state index in [2.05, 4.69) is 54.8 Å². The number of allylic oxidation sites excluding steroid dienone is 1. The molecule has 0 atom stereocenters. The summed E-state index contributed by atoms with van der Waals surface area (Å²) in [4.78, 5) is 15.8. The summed E-state index contributed by atoms with van der Waals surface area (Å²) in [5.41, 5.74) is 6.76. The normalized spacial score (nSPS) is 15.7. The van der Waals surface area contributed by atoms with Crippen LogP contribution in [-0.4, -0.2) is 54.7 Å². The van der Waals surface area contributed by atoms with Crippen molar-refractivity contribution in [3.8, 4) is 5.82 Å². The lowest BCUT2D eigenvalue weighted by Crippen LogP contribution is -2.26. The van der Waals surface area contributed by atoms with Crippen LogP contribution >= 0.6 is 0 Å². The minimum Gasteiger partial charge on any atom is -0.324 e. The van der Waals surface area contributed by atoms with E-state index in [-0.39, 0.29) is 5.39 Å². The zero-order valence-corrected chi connectivity index (χ0v) is 21.8. The quantitative estimate of drug-likeness (QED) is 0.399. The molecule has 0 unspecified atom stereocenters. The first-order valence-corrected chi connectivity index (χ1v) is 14.6.